The quantitative estimate of drug-likeness (QED) is 0.619. The van der Waals surface area contributed by atoms with E-state index in [-0.39, 0.29) is 12.5 Å². The van der Waals surface area contributed by atoms with Gasteiger partial charge >= 0.3 is 0 Å². The van der Waals surface area contributed by atoms with Gasteiger partial charge in [0.15, 0.2) is 0 Å². The highest BCUT2D eigenvalue weighted by Crippen LogP contribution is 2.32. The maximum absolute atomic E-state index is 11.4. The highest BCUT2D eigenvalue weighted by atomic mass is 16.3. The minimum absolute atomic E-state index is 0.134. The monoisotopic (exact) mass is 224 g/mol. The van der Waals surface area contributed by atoms with Crippen LogP contribution in [0.1, 0.15) is 12.8 Å². The highest BCUT2D eigenvalue weighted by Gasteiger charge is 2.29. The van der Waals surface area contributed by atoms with Gasteiger partial charge in [0.25, 0.3) is 0 Å². The Morgan fingerprint density at radius 2 is 2.50 bits per heavy atom. The minimum atomic E-state index is -0.411. The van der Waals surface area contributed by atoms with Crippen molar-refractivity contribution in [2.45, 2.75) is 25.5 Å². The number of nitrogens with two attached hydrogens (primary N) is 1. The van der Waals surface area contributed by atoms with Gasteiger partial charge in [-0.3, -0.25) is 9.48 Å². The number of nitrogens with one attached hydrogen (secondary N) is 1. The molecule has 0 aliphatic heterocycles. The molecular formula is C10H16N4O2. The standard InChI is InChI=1S/C10H16N4O2/c11-9-3-4-14(13-9)6-10(16)12-5-8(15)7-1-2-7/h3-4,7-8,15H,1-2,5-6H2,(H2,11,13)(H,12,16). The zero-order chi connectivity index (χ0) is 11.5. The average molecular weight is 224 g/mol. The molecule has 4 N–H and O–H groups in total. The van der Waals surface area contributed by atoms with E-state index in [1.54, 1.807) is 12.3 Å². The predicted molar refractivity (Wildman–Crippen MR) is 58.4 cm³/mol. The van der Waals surface area contributed by atoms with Gasteiger partial charge in [-0.2, -0.15) is 5.10 Å². The van der Waals surface area contributed by atoms with Crippen molar-refractivity contribution in [1.82, 2.24) is 15.1 Å². The Morgan fingerprint density at radius 3 is 3.06 bits per heavy atom. The number of carbonyl (C=O) groups excluding carboxylic acids is 1. The zero-order valence-electron chi connectivity index (χ0n) is 8.97. The second-order valence-electron chi connectivity index (χ2n) is 4.15. The van der Waals surface area contributed by atoms with E-state index in [0.717, 1.165) is 12.8 Å². The van der Waals surface area contributed by atoms with E-state index >= 15 is 0 Å². The summed E-state index contributed by atoms with van der Waals surface area (Å²) in [6, 6.07) is 1.63. The number of nitrogens with zero attached hydrogens (tertiary/aromatic N) is 2. The number of aliphatic hydroxyl groups is 1. The summed E-state index contributed by atoms with van der Waals surface area (Å²) in [5, 5.41) is 16.1. The molecule has 1 aliphatic carbocycles. The Balaban J connectivity index is 1.71. The van der Waals surface area contributed by atoms with Crippen LogP contribution in [0.2, 0.25) is 0 Å². The van der Waals surface area contributed by atoms with E-state index < -0.39 is 6.10 Å². The molecule has 0 bridgehead atoms. The lowest BCUT2D eigenvalue weighted by Crippen LogP contribution is -2.35. The molecule has 1 saturated carbocycles. The van der Waals surface area contributed by atoms with Crippen LogP contribution in [0.5, 0.6) is 0 Å². The number of carbonyl (C=O) groups is 1. The van der Waals surface area contributed by atoms with Gasteiger partial charge in [0.2, 0.25) is 5.91 Å². The summed E-state index contributed by atoms with van der Waals surface area (Å²) in [6.07, 6.45) is 3.36. The second kappa shape index (κ2) is 4.52. The van der Waals surface area contributed by atoms with Crippen molar-refractivity contribution in [3.63, 3.8) is 0 Å². The maximum Gasteiger partial charge on any atom is 0.241 e. The molecule has 6 nitrogen and oxygen atoms in total. The molecule has 0 spiro atoms. The van der Waals surface area contributed by atoms with Crippen molar-refractivity contribution >= 4 is 11.7 Å². The normalized spacial score (nSPS) is 17.1. The van der Waals surface area contributed by atoms with E-state index in [2.05, 4.69) is 10.4 Å². The Labute approximate surface area is 93.4 Å². The summed E-state index contributed by atoms with van der Waals surface area (Å²) in [5.41, 5.74) is 5.42. The molecule has 0 saturated heterocycles. The Kier molecular flexibility index (Phi) is 3.09. The average Bonchev–Trinajstić information content (AvgIpc) is 3.01. The first-order valence-electron chi connectivity index (χ1n) is 5.39. The lowest BCUT2D eigenvalue weighted by molar-refractivity contribution is -0.122. The van der Waals surface area contributed by atoms with Gasteiger partial charge in [-0.25, -0.2) is 0 Å². The molecule has 1 fully saturated rings. The lowest BCUT2D eigenvalue weighted by Gasteiger charge is -2.10. The van der Waals surface area contributed by atoms with Crippen LogP contribution in [-0.2, 0) is 11.3 Å². The maximum atomic E-state index is 11.4. The van der Waals surface area contributed by atoms with Crippen LogP contribution in [0.15, 0.2) is 12.3 Å². The minimum Gasteiger partial charge on any atom is -0.391 e. The van der Waals surface area contributed by atoms with Gasteiger partial charge in [-0.15, -0.1) is 0 Å². The van der Waals surface area contributed by atoms with Crippen LogP contribution < -0.4 is 11.1 Å². The summed E-state index contributed by atoms with van der Waals surface area (Å²) in [4.78, 5) is 11.4. The molecule has 16 heavy (non-hydrogen) atoms. The van der Waals surface area contributed by atoms with E-state index in [4.69, 9.17) is 5.73 Å². The topological polar surface area (TPSA) is 93.2 Å². The first kappa shape index (κ1) is 10.9. The van der Waals surface area contributed by atoms with Crippen molar-refractivity contribution in [2.75, 3.05) is 12.3 Å². The Bertz CT molecular complexity index is 373. The number of anilines is 1. The molecule has 0 aromatic carbocycles. The fraction of sp³-hybridized carbons (Fsp3) is 0.600. The van der Waals surface area contributed by atoms with Crippen molar-refractivity contribution in [1.29, 1.82) is 0 Å². The number of hydrogen-bond donors (Lipinski definition) is 3. The van der Waals surface area contributed by atoms with Crippen molar-refractivity contribution < 1.29 is 9.90 Å². The van der Waals surface area contributed by atoms with Crippen LogP contribution in [0.25, 0.3) is 0 Å². The summed E-state index contributed by atoms with van der Waals surface area (Å²) in [6.45, 7) is 0.453. The number of aromatic nitrogens is 2. The molecule has 1 heterocycles. The lowest BCUT2D eigenvalue weighted by atomic mass is 10.2. The molecule has 1 aromatic heterocycles. The third-order valence-electron chi connectivity index (χ3n) is 2.64. The largest absolute Gasteiger partial charge is 0.391 e. The van der Waals surface area contributed by atoms with Gasteiger partial charge in [0.1, 0.15) is 12.4 Å². The predicted octanol–water partition coefficient (Wildman–Crippen LogP) is -0.648. The van der Waals surface area contributed by atoms with Gasteiger partial charge in [-0.1, -0.05) is 0 Å². The summed E-state index contributed by atoms with van der Waals surface area (Å²) in [5.74, 6) is 0.606. The van der Waals surface area contributed by atoms with Crippen molar-refractivity contribution in [2.24, 2.45) is 5.92 Å². The molecule has 6 heteroatoms. The fourth-order valence-electron chi connectivity index (χ4n) is 1.53. The van der Waals surface area contributed by atoms with Gasteiger partial charge in [-0.05, 0) is 24.8 Å². The smallest absolute Gasteiger partial charge is 0.241 e. The summed E-state index contributed by atoms with van der Waals surface area (Å²) in [7, 11) is 0. The molecule has 1 unspecified atom stereocenters. The first-order chi connectivity index (χ1) is 7.65. The van der Waals surface area contributed by atoms with Gasteiger partial charge in [0.05, 0.1) is 6.10 Å². The second-order valence-corrected chi connectivity index (χ2v) is 4.15. The summed E-state index contributed by atoms with van der Waals surface area (Å²) < 4.78 is 1.47. The third-order valence-corrected chi connectivity index (χ3v) is 2.64. The molecule has 1 amide bonds. The van der Waals surface area contributed by atoms with Crippen molar-refractivity contribution in [3.05, 3.63) is 12.3 Å². The first-order valence-corrected chi connectivity index (χ1v) is 5.39. The van der Waals surface area contributed by atoms with Crippen LogP contribution in [0, 0.1) is 5.92 Å². The molecule has 1 aromatic rings. The van der Waals surface area contributed by atoms with Crippen LogP contribution in [-0.4, -0.2) is 33.4 Å². The zero-order valence-corrected chi connectivity index (χ0v) is 8.97. The van der Waals surface area contributed by atoms with Crippen LogP contribution in [0.3, 0.4) is 0 Å². The molecule has 1 atom stereocenters. The number of aliphatic hydroxyl groups excluding tert-OH is 1. The van der Waals surface area contributed by atoms with Crippen molar-refractivity contribution in [3.8, 4) is 0 Å². The Morgan fingerprint density at radius 1 is 1.75 bits per heavy atom. The number of nitrogen functional groups attached to an aromatic ring is 1. The van der Waals surface area contributed by atoms with Gasteiger partial charge in [0, 0.05) is 12.7 Å². The number of rotatable bonds is 5. The molecular weight excluding hydrogens is 208 g/mol. The molecule has 0 radical (unpaired) electrons. The molecule has 2 rings (SSSR count). The highest BCUT2D eigenvalue weighted by molar-refractivity contribution is 5.75. The molecule has 1 aliphatic rings. The van der Waals surface area contributed by atoms with E-state index in [1.807, 2.05) is 0 Å². The van der Waals surface area contributed by atoms with Crippen LogP contribution in [0.4, 0.5) is 5.82 Å². The molecule has 88 valence electrons. The SMILES string of the molecule is Nc1ccn(CC(=O)NCC(O)C2CC2)n1. The Hall–Kier alpha value is -1.56. The number of hydrogen-bond acceptors (Lipinski definition) is 4. The van der Waals surface area contributed by atoms with E-state index in [0.29, 0.717) is 18.3 Å². The number of amides is 1. The van der Waals surface area contributed by atoms with Gasteiger partial charge < -0.3 is 16.2 Å². The van der Waals surface area contributed by atoms with E-state index in [9.17, 15) is 9.90 Å². The van der Waals surface area contributed by atoms with Crippen LogP contribution >= 0.6 is 0 Å². The van der Waals surface area contributed by atoms with E-state index in [1.165, 1.54) is 4.68 Å². The third kappa shape index (κ3) is 2.96. The summed E-state index contributed by atoms with van der Waals surface area (Å²) >= 11 is 0. The fourth-order valence-corrected chi connectivity index (χ4v) is 1.53.